The number of carbonyl (C=O) groups is 1. The molecule has 138 valence electrons. The molecule has 2 fully saturated rings. The Bertz CT molecular complexity index is 809. The van der Waals surface area contributed by atoms with E-state index in [0.29, 0.717) is 5.92 Å². The summed E-state index contributed by atoms with van der Waals surface area (Å²) in [4.78, 5) is 22.8. The van der Waals surface area contributed by atoms with E-state index >= 15 is 0 Å². The van der Waals surface area contributed by atoms with E-state index in [2.05, 4.69) is 25.9 Å². The Morgan fingerprint density at radius 3 is 2.69 bits per heavy atom. The van der Waals surface area contributed by atoms with Crippen LogP contribution in [0.4, 0.5) is 4.79 Å². The summed E-state index contributed by atoms with van der Waals surface area (Å²) in [5.74, 6) is 1.32. The van der Waals surface area contributed by atoms with Crippen LogP contribution in [0.25, 0.3) is 11.3 Å². The van der Waals surface area contributed by atoms with Crippen molar-refractivity contribution in [3.8, 4) is 11.3 Å². The molecule has 1 saturated carbocycles. The molecule has 1 saturated heterocycles. The topological polar surface area (TPSA) is 58.2 Å². The second kappa shape index (κ2) is 6.41. The Morgan fingerprint density at radius 1 is 1.27 bits per heavy atom. The number of benzene rings is 1. The molecule has 1 N–H and O–H groups in total. The average Bonchev–Trinajstić information content (AvgIpc) is 3.28. The van der Waals surface area contributed by atoms with Crippen LogP contribution in [0.2, 0.25) is 0 Å². The molecule has 0 unspecified atom stereocenters. The van der Waals surface area contributed by atoms with Gasteiger partial charge in [0.25, 0.3) is 0 Å². The number of aromatic nitrogens is 2. The molecule has 1 aliphatic carbocycles. The van der Waals surface area contributed by atoms with Crippen LogP contribution in [0.5, 0.6) is 0 Å². The number of imidazole rings is 1. The van der Waals surface area contributed by atoms with Gasteiger partial charge in [-0.25, -0.2) is 9.78 Å². The first kappa shape index (κ1) is 17.6. The number of likely N-dealkylation sites (tertiary alicyclic amines) is 1. The highest BCUT2D eigenvalue weighted by Crippen LogP contribution is 2.50. The molecule has 3 atom stereocenters. The number of hydrogen-bond acceptors (Lipinski definition) is 3. The molecule has 2 bridgehead atoms. The van der Waals surface area contributed by atoms with Crippen LogP contribution in [0.1, 0.15) is 51.9 Å². The summed E-state index contributed by atoms with van der Waals surface area (Å²) < 4.78 is 6.72. The Hall–Kier alpha value is -1.82. The first-order valence-corrected chi connectivity index (χ1v) is 9.93. The summed E-state index contributed by atoms with van der Waals surface area (Å²) in [5.41, 5.74) is 1.56. The molecule has 2 heterocycles. The van der Waals surface area contributed by atoms with Crippen molar-refractivity contribution < 1.29 is 9.53 Å². The molecule has 1 amide bonds. The minimum Gasteiger partial charge on any atom is -0.444 e. The maximum absolute atomic E-state index is 12.8. The predicted molar refractivity (Wildman–Crippen MR) is 104 cm³/mol. The van der Waals surface area contributed by atoms with Gasteiger partial charge in [-0.3, -0.25) is 4.90 Å². The Labute approximate surface area is 162 Å². The van der Waals surface area contributed by atoms with Gasteiger partial charge in [0.05, 0.1) is 17.9 Å². The van der Waals surface area contributed by atoms with Crippen LogP contribution < -0.4 is 0 Å². The molecular weight excluding hydrogens is 394 g/mol. The van der Waals surface area contributed by atoms with Gasteiger partial charge in [0, 0.05) is 10.5 Å². The number of nitrogens with zero attached hydrogens (tertiary/aromatic N) is 2. The smallest absolute Gasteiger partial charge is 0.411 e. The zero-order valence-corrected chi connectivity index (χ0v) is 16.9. The van der Waals surface area contributed by atoms with Crippen LogP contribution >= 0.6 is 15.9 Å². The first-order valence-electron chi connectivity index (χ1n) is 9.14. The third-order valence-corrected chi connectivity index (χ3v) is 5.75. The van der Waals surface area contributed by atoms with Crippen molar-refractivity contribution in [2.45, 2.75) is 57.7 Å². The number of hydrogen-bond donors (Lipinski definition) is 1. The van der Waals surface area contributed by atoms with E-state index in [1.54, 1.807) is 0 Å². The van der Waals surface area contributed by atoms with Crippen LogP contribution in [0.15, 0.2) is 34.9 Å². The van der Waals surface area contributed by atoms with E-state index in [1.165, 1.54) is 0 Å². The number of nitrogens with one attached hydrogen (secondary N) is 1. The third kappa shape index (κ3) is 3.27. The van der Waals surface area contributed by atoms with Gasteiger partial charge in [-0.1, -0.05) is 28.1 Å². The number of piperidine rings is 1. The zero-order chi connectivity index (χ0) is 18.5. The van der Waals surface area contributed by atoms with Gasteiger partial charge in [-0.15, -0.1) is 0 Å². The van der Waals surface area contributed by atoms with Gasteiger partial charge in [0.15, 0.2) is 0 Å². The summed E-state index contributed by atoms with van der Waals surface area (Å²) in [6.45, 7) is 5.73. The fourth-order valence-electron chi connectivity index (χ4n) is 4.18. The lowest BCUT2D eigenvalue weighted by molar-refractivity contribution is 0.00620. The lowest BCUT2D eigenvalue weighted by Gasteiger charge is -2.35. The number of fused-ring (bicyclic) bond motifs is 2. The number of carbonyl (C=O) groups excluding carboxylic acids is 1. The fourth-order valence-corrected chi connectivity index (χ4v) is 4.44. The standard InChI is InChI=1S/C20H24BrN3O2/c1-20(2,3)26-19(25)24-15-9-6-13(10-15)17(24)18-22-11-16(23-18)12-4-7-14(21)8-5-12/h4-5,7-8,11,13,15,17H,6,9-10H2,1-3H3,(H,22,23)/t13-,15-,17+/m1/s1. The van der Waals surface area contributed by atoms with Crippen molar-refractivity contribution in [2.24, 2.45) is 5.92 Å². The lowest BCUT2D eigenvalue weighted by Crippen LogP contribution is -2.43. The largest absolute Gasteiger partial charge is 0.444 e. The summed E-state index contributed by atoms with van der Waals surface area (Å²) >= 11 is 3.46. The van der Waals surface area contributed by atoms with E-state index in [0.717, 1.165) is 40.8 Å². The highest BCUT2D eigenvalue weighted by molar-refractivity contribution is 9.10. The van der Waals surface area contributed by atoms with E-state index in [-0.39, 0.29) is 18.2 Å². The van der Waals surface area contributed by atoms with Crippen molar-refractivity contribution >= 4 is 22.0 Å². The fraction of sp³-hybridized carbons (Fsp3) is 0.500. The Balaban J connectivity index is 1.61. The van der Waals surface area contributed by atoms with Gasteiger partial charge < -0.3 is 9.72 Å². The molecule has 5 nitrogen and oxygen atoms in total. The van der Waals surface area contributed by atoms with Crippen LogP contribution in [-0.4, -0.2) is 32.6 Å². The van der Waals surface area contributed by atoms with Crippen LogP contribution in [0, 0.1) is 5.92 Å². The van der Waals surface area contributed by atoms with Gasteiger partial charge in [-0.2, -0.15) is 0 Å². The van der Waals surface area contributed by atoms with Crippen molar-refractivity contribution in [3.63, 3.8) is 0 Å². The van der Waals surface area contributed by atoms with E-state index in [9.17, 15) is 4.79 Å². The molecule has 26 heavy (non-hydrogen) atoms. The van der Waals surface area contributed by atoms with Crippen molar-refractivity contribution in [2.75, 3.05) is 0 Å². The summed E-state index contributed by atoms with van der Waals surface area (Å²) in [6, 6.07) is 8.37. The highest BCUT2D eigenvalue weighted by atomic mass is 79.9. The van der Waals surface area contributed by atoms with Gasteiger partial charge in [-0.05, 0) is 63.6 Å². The second-order valence-corrected chi connectivity index (χ2v) is 9.16. The van der Waals surface area contributed by atoms with E-state index in [4.69, 9.17) is 4.74 Å². The molecule has 2 aromatic rings. The Morgan fingerprint density at radius 2 is 2.00 bits per heavy atom. The normalized spacial score (nSPS) is 24.9. The number of ether oxygens (including phenoxy) is 1. The van der Waals surface area contributed by atoms with Gasteiger partial charge in [0.1, 0.15) is 11.4 Å². The molecule has 6 heteroatoms. The number of H-pyrrole nitrogens is 1. The molecule has 0 spiro atoms. The number of aromatic amines is 1. The minimum absolute atomic E-state index is 0.0206. The molecule has 2 aliphatic rings. The molecule has 1 aromatic carbocycles. The maximum atomic E-state index is 12.8. The second-order valence-electron chi connectivity index (χ2n) is 8.25. The summed E-state index contributed by atoms with van der Waals surface area (Å²) in [7, 11) is 0. The summed E-state index contributed by atoms with van der Waals surface area (Å²) in [6.07, 6.45) is 4.87. The minimum atomic E-state index is -0.491. The SMILES string of the molecule is CC(C)(C)OC(=O)N1[C@@H]2CC[C@H](C2)[C@H]1c1ncc(-c2ccc(Br)cc2)[nH]1. The maximum Gasteiger partial charge on any atom is 0.411 e. The zero-order valence-electron chi connectivity index (χ0n) is 15.3. The van der Waals surface area contributed by atoms with E-state index < -0.39 is 5.60 Å². The molecular formula is C20H24BrN3O2. The lowest BCUT2D eigenvalue weighted by atomic mass is 9.98. The number of amides is 1. The highest BCUT2D eigenvalue weighted by Gasteiger charge is 2.51. The van der Waals surface area contributed by atoms with Crippen LogP contribution in [-0.2, 0) is 4.74 Å². The first-order chi connectivity index (χ1) is 12.3. The predicted octanol–water partition coefficient (Wildman–Crippen LogP) is 5.30. The van der Waals surface area contributed by atoms with Crippen LogP contribution in [0.3, 0.4) is 0 Å². The average molecular weight is 418 g/mol. The quantitative estimate of drug-likeness (QED) is 0.720. The number of rotatable bonds is 2. The number of halogens is 1. The molecule has 1 aromatic heterocycles. The Kier molecular flexibility index (Phi) is 4.34. The summed E-state index contributed by atoms with van der Waals surface area (Å²) in [5, 5.41) is 0. The molecule has 0 radical (unpaired) electrons. The van der Waals surface area contributed by atoms with Crippen molar-refractivity contribution in [1.29, 1.82) is 0 Å². The monoisotopic (exact) mass is 417 g/mol. The molecule has 4 rings (SSSR count). The molecule has 1 aliphatic heterocycles. The third-order valence-electron chi connectivity index (χ3n) is 5.22. The van der Waals surface area contributed by atoms with Gasteiger partial charge >= 0.3 is 6.09 Å². The van der Waals surface area contributed by atoms with Crippen molar-refractivity contribution in [3.05, 3.63) is 40.8 Å². The van der Waals surface area contributed by atoms with E-state index in [1.807, 2.05) is 56.1 Å². The van der Waals surface area contributed by atoms with Crippen molar-refractivity contribution in [1.82, 2.24) is 14.9 Å². The van der Waals surface area contributed by atoms with Gasteiger partial charge in [0.2, 0.25) is 0 Å².